The van der Waals surface area contributed by atoms with E-state index in [0.29, 0.717) is 6.54 Å². The maximum Gasteiger partial charge on any atom is 0.202 e. The molecule has 2 aromatic rings. The molecule has 0 saturated heterocycles. The van der Waals surface area contributed by atoms with Crippen LogP contribution in [0.3, 0.4) is 0 Å². The standard InChI is InChI=1S/C8H10N4O/c1-12-5-4-9-8(12)10-6-7-2-3-11-13-7/h2-5H,6H2,1H3,(H,9,10). The van der Waals surface area contributed by atoms with Crippen molar-refractivity contribution >= 4 is 5.95 Å². The monoisotopic (exact) mass is 178 g/mol. The third-order valence-electron chi connectivity index (χ3n) is 1.73. The molecule has 0 radical (unpaired) electrons. The molecule has 0 amide bonds. The first-order chi connectivity index (χ1) is 6.36. The summed E-state index contributed by atoms with van der Waals surface area (Å²) in [7, 11) is 1.93. The number of hydrogen-bond donors (Lipinski definition) is 1. The van der Waals surface area contributed by atoms with Crippen molar-refractivity contribution in [3.05, 3.63) is 30.4 Å². The van der Waals surface area contributed by atoms with Crippen molar-refractivity contribution in [1.82, 2.24) is 14.7 Å². The molecular formula is C8H10N4O. The summed E-state index contributed by atoms with van der Waals surface area (Å²) in [5.41, 5.74) is 0. The highest BCUT2D eigenvalue weighted by atomic mass is 16.5. The maximum absolute atomic E-state index is 4.92. The van der Waals surface area contributed by atoms with Gasteiger partial charge in [0.1, 0.15) is 0 Å². The first-order valence-electron chi connectivity index (χ1n) is 3.97. The quantitative estimate of drug-likeness (QED) is 0.762. The van der Waals surface area contributed by atoms with Crippen LogP contribution in [0.2, 0.25) is 0 Å². The minimum Gasteiger partial charge on any atom is -0.360 e. The van der Waals surface area contributed by atoms with Gasteiger partial charge in [0.25, 0.3) is 0 Å². The summed E-state index contributed by atoms with van der Waals surface area (Å²) in [5.74, 6) is 1.61. The second-order valence-corrected chi connectivity index (χ2v) is 2.69. The third kappa shape index (κ3) is 1.69. The predicted molar refractivity (Wildman–Crippen MR) is 47.0 cm³/mol. The molecular weight excluding hydrogens is 168 g/mol. The molecule has 2 aromatic heterocycles. The summed E-state index contributed by atoms with van der Waals surface area (Å²) in [4.78, 5) is 4.10. The van der Waals surface area contributed by atoms with Crippen molar-refractivity contribution in [2.24, 2.45) is 7.05 Å². The van der Waals surface area contributed by atoms with E-state index < -0.39 is 0 Å². The number of nitrogens with zero attached hydrogens (tertiary/aromatic N) is 3. The van der Waals surface area contributed by atoms with E-state index in [9.17, 15) is 0 Å². The summed E-state index contributed by atoms with van der Waals surface area (Å²) in [6.07, 6.45) is 5.24. The zero-order chi connectivity index (χ0) is 9.10. The van der Waals surface area contributed by atoms with Crippen LogP contribution in [0.25, 0.3) is 0 Å². The lowest BCUT2D eigenvalue weighted by Gasteiger charge is -2.02. The second kappa shape index (κ2) is 3.30. The van der Waals surface area contributed by atoms with Gasteiger partial charge in [0.15, 0.2) is 5.76 Å². The van der Waals surface area contributed by atoms with Crippen molar-refractivity contribution in [3.8, 4) is 0 Å². The third-order valence-corrected chi connectivity index (χ3v) is 1.73. The average Bonchev–Trinajstić information content (AvgIpc) is 2.72. The molecule has 13 heavy (non-hydrogen) atoms. The van der Waals surface area contributed by atoms with Gasteiger partial charge in [-0.15, -0.1) is 0 Å². The van der Waals surface area contributed by atoms with Crippen molar-refractivity contribution in [2.75, 3.05) is 5.32 Å². The molecule has 0 saturated carbocycles. The van der Waals surface area contributed by atoms with Gasteiger partial charge in [0, 0.05) is 25.5 Å². The topological polar surface area (TPSA) is 55.9 Å². The summed E-state index contributed by atoms with van der Waals surface area (Å²) in [5, 5.41) is 6.72. The van der Waals surface area contributed by atoms with E-state index in [0.717, 1.165) is 11.7 Å². The first-order valence-corrected chi connectivity index (χ1v) is 3.97. The highest BCUT2D eigenvalue weighted by Gasteiger charge is 1.99. The van der Waals surface area contributed by atoms with Gasteiger partial charge < -0.3 is 14.4 Å². The Morgan fingerprint density at radius 1 is 1.54 bits per heavy atom. The van der Waals surface area contributed by atoms with E-state index >= 15 is 0 Å². The lowest BCUT2D eigenvalue weighted by Crippen LogP contribution is -2.03. The minimum absolute atomic E-state index is 0.602. The fourth-order valence-corrected chi connectivity index (χ4v) is 1.04. The molecule has 0 aromatic carbocycles. The summed E-state index contributed by atoms with van der Waals surface area (Å²) < 4.78 is 6.82. The lowest BCUT2D eigenvalue weighted by molar-refractivity contribution is 0.387. The number of rotatable bonds is 3. The zero-order valence-corrected chi connectivity index (χ0v) is 7.27. The van der Waals surface area contributed by atoms with Gasteiger partial charge in [-0.25, -0.2) is 4.98 Å². The van der Waals surface area contributed by atoms with Crippen molar-refractivity contribution < 1.29 is 4.52 Å². The van der Waals surface area contributed by atoms with Crippen LogP contribution in [0.1, 0.15) is 5.76 Å². The lowest BCUT2D eigenvalue weighted by atomic mass is 10.4. The van der Waals surface area contributed by atoms with Crippen LogP contribution in [0.15, 0.2) is 29.2 Å². The molecule has 5 heteroatoms. The molecule has 1 N–H and O–H groups in total. The van der Waals surface area contributed by atoms with Crippen LogP contribution in [0.5, 0.6) is 0 Å². The molecule has 0 aliphatic heterocycles. The Labute approximate surface area is 75.4 Å². The first kappa shape index (κ1) is 7.85. The Kier molecular flexibility index (Phi) is 1.99. The molecule has 68 valence electrons. The fraction of sp³-hybridized carbons (Fsp3) is 0.250. The van der Waals surface area contributed by atoms with E-state index in [2.05, 4.69) is 15.5 Å². The Morgan fingerprint density at radius 3 is 3.08 bits per heavy atom. The van der Waals surface area contributed by atoms with Crippen LogP contribution in [0, 0.1) is 0 Å². The largest absolute Gasteiger partial charge is 0.360 e. The number of imidazole rings is 1. The van der Waals surface area contributed by atoms with Gasteiger partial charge in [-0.1, -0.05) is 5.16 Å². The average molecular weight is 178 g/mol. The van der Waals surface area contributed by atoms with E-state index in [4.69, 9.17) is 4.52 Å². The molecule has 0 atom stereocenters. The van der Waals surface area contributed by atoms with Crippen LogP contribution in [-0.2, 0) is 13.6 Å². The van der Waals surface area contributed by atoms with Gasteiger partial charge in [-0.3, -0.25) is 0 Å². The summed E-state index contributed by atoms with van der Waals surface area (Å²) >= 11 is 0. The fourth-order valence-electron chi connectivity index (χ4n) is 1.04. The maximum atomic E-state index is 4.92. The van der Waals surface area contributed by atoms with Crippen LogP contribution in [-0.4, -0.2) is 14.7 Å². The van der Waals surface area contributed by atoms with E-state index in [1.165, 1.54) is 0 Å². The second-order valence-electron chi connectivity index (χ2n) is 2.69. The summed E-state index contributed by atoms with van der Waals surface area (Å²) in [6.45, 7) is 0.602. The van der Waals surface area contributed by atoms with Crippen molar-refractivity contribution in [1.29, 1.82) is 0 Å². The number of nitrogens with one attached hydrogen (secondary N) is 1. The normalized spacial score (nSPS) is 10.2. The molecule has 2 heterocycles. The Morgan fingerprint density at radius 2 is 2.46 bits per heavy atom. The highest BCUT2D eigenvalue weighted by Crippen LogP contribution is 2.04. The van der Waals surface area contributed by atoms with E-state index in [-0.39, 0.29) is 0 Å². The predicted octanol–water partition coefficient (Wildman–Crippen LogP) is 1.02. The Balaban J connectivity index is 1.97. The van der Waals surface area contributed by atoms with E-state index in [1.54, 1.807) is 12.4 Å². The number of aryl methyl sites for hydroxylation is 1. The van der Waals surface area contributed by atoms with Gasteiger partial charge in [-0.05, 0) is 0 Å². The molecule has 0 unspecified atom stereocenters. The van der Waals surface area contributed by atoms with Gasteiger partial charge in [0.2, 0.25) is 5.95 Å². The van der Waals surface area contributed by atoms with Crippen LogP contribution < -0.4 is 5.32 Å². The number of aromatic nitrogens is 3. The van der Waals surface area contributed by atoms with Crippen molar-refractivity contribution in [2.45, 2.75) is 6.54 Å². The number of anilines is 1. The molecule has 2 rings (SSSR count). The van der Waals surface area contributed by atoms with Crippen molar-refractivity contribution in [3.63, 3.8) is 0 Å². The van der Waals surface area contributed by atoms with Crippen LogP contribution >= 0.6 is 0 Å². The highest BCUT2D eigenvalue weighted by molar-refractivity contribution is 5.25. The SMILES string of the molecule is Cn1ccnc1NCc1ccno1. The molecule has 0 fully saturated rings. The molecule has 0 aliphatic carbocycles. The smallest absolute Gasteiger partial charge is 0.202 e. The van der Waals surface area contributed by atoms with Gasteiger partial charge in [-0.2, -0.15) is 0 Å². The summed E-state index contributed by atoms with van der Waals surface area (Å²) in [6, 6.07) is 1.82. The molecule has 0 aliphatic rings. The molecule has 0 spiro atoms. The van der Waals surface area contributed by atoms with Gasteiger partial charge >= 0.3 is 0 Å². The minimum atomic E-state index is 0.602. The van der Waals surface area contributed by atoms with E-state index in [1.807, 2.05) is 23.9 Å². The molecule has 0 bridgehead atoms. The zero-order valence-electron chi connectivity index (χ0n) is 7.27. The Bertz CT molecular complexity index is 365. The van der Waals surface area contributed by atoms with Crippen LogP contribution in [0.4, 0.5) is 5.95 Å². The van der Waals surface area contributed by atoms with Gasteiger partial charge in [0.05, 0.1) is 12.7 Å². The Hall–Kier alpha value is -1.78. The molecule has 5 nitrogen and oxygen atoms in total. The number of hydrogen-bond acceptors (Lipinski definition) is 4.